The average molecular weight is 247 g/mol. The van der Waals surface area contributed by atoms with Crippen LogP contribution in [0.25, 0.3) is 0 Å². The van der Waals surface area contributed by atoms with Gasteiger partial charge in [0.05, 0.1) is 5.25 Å². The van der Waals surface area contributed by atoms with Gasteiger partial charge in [-0.25, -0.2) is 21.9 Å². The van der Waals surface area contributed by atoms with Gasteiger partial charge >= 0.3 is 0 Å². The molecule has 6 heteroatoms. The number of nitrogens with one attached hydrogen (secondary N) is 1. The van der Waals surface area contributed by atoms with E-state index in [2.05, 4.69) is 4.72 Å². The molecule has 16 heavy (non-hydrogen) atoms. The van der Waals surface area contributed by atoms with Crippen molar-refractivity contribution in [2.45, 2.75) is 24.6 Å². The quantitative estimate of drug-likeness (QED) is 0.877. The lowest BCUT2D eigenvalue weighted by Gasteiger charge is -2.07. The number of benzene rings is 1. The van der Waals surface area contributed by atoms with Crippen LogP contribution in [0.5, 0.6) is 0 Å². The van der Waals surface area contributed by atoms with Crippen LogP contribution in [0.2, 0.25) is 0 Å². The summed E-state index contributed by atoms with van der Waals surface area (Å²) in [7, 11) is -3.40. The summed E-state index contributed by atoms with van der Waals surface area (Å²) in [4.78, 5) is 0. The predicted octanol–water partition coefficient (Wildman–Crippen LogP) is 1.55. The van der Waals surface area contributed by atoms with E-state index in [0.29, 0.717) is 12.8 Å². The standard InChI is InChI=1S/C10H11F2NO2S/c11-9-2-1-3-10(12)8(9)6-13-16(14,15)7-4-5-7/h1-3,7,13H,4-6H2. The van der Waals surface area contributed by atoms with Crippen LogP contribution in [0, 0.1) is 11.6 Å². The molecule has 0 aromatic heterocycles. The summed E-state index contributed by atoms with van der Waals surface area (Å²) in [6.07, 6.45) is 1.24. The van der Waals surface area contributed by atoms with Gasteiger partial charge in [0.2, 0.25) is 10.0 Å². The summed E-state index contributed by atoms with van der Waals surface area (Å²) in [5, 5.41) is -0.387. The van der Waals surface area contributed by atoms with Gasteiger partial charge in [-0.2, -0.15) is 0 Å². The minimum Gasteiger partial charge on any atom is -0.212 e. The molecule has 0 bridgehead atoms. The third kappa shape index (κ3) is 2.38. The molecule has 1 aromatic rings. The highest BCUT2D eigenvalue weighted by atomic mass is 32.2. The first kappa shape index (κ1) is 11.5. The minimum atomic E-state index is -3.40. The summed E-state index contributed by atoms with van der Waals surface area (Å²) in [5.74, 6) is -1.48. The molecule has 0 unspecified atom stereocenters. The Bertz CT molecular complexity index is 477. The van der Waals surface area contributed by atoms with Gasteiger partial charge < -0.3 is 0 Å². The Kier molecular flexibility index (Phi) is 2.94. The number of sulfonamides is 1. The highest BCUT2D eigenvalue weighted by Gasteiger charge is 2.35. The molecule has 0 aliphatic heterocycles. The van der Waals surface area contributed by atoms with Crippen LogP contribution in [0.4, 0.5) is 8.78 Å². The molecule has 1 N–H and O–H groups in total. The molecule has 1 aliphatic carbocycles. The summed E-state index contributed by atoms with van der Waals surface area (Å²) in [6.45, 7) is -0.336. The lowest BCUT2D eigenvalue weighted by atomic mass is 10.2. The number of hydrogen-bond donors (Lipinski definition) is 1. The molecule has 3 nitrogen and oxygen atoms in total. The normalized spacial score (nSPS) is 16.4. The van der Waals surface area contributed by atoms with Gasteiger partial charge in [-0.3, -0.25) is 0 Å². The van der Waals surface area contributed by atoms with Gasteiger partial charge in [-0.15, -0.1) is 0 Å². The van der Waals surface area contributed by atoms with Crippen molar-refractivity contribution in [2.24, 2.45) is 0 Å². The van der Waals surface area contributed by atoms with Gasteiger partial charge in [0.25, 0.3) is 0 Å². The highest BCUT2D eigenvalue weighted by Crippen LogP contribution is 2.27. The monoisotopic (exact) mass is 247 g/mol. The van der Waals surface area contributed by atoms with Gasteiger partial charge in [-0.1, -0.05) is 6.07 Å². The first-order valence-electron chi connectivity index (χ1n) is 4.92. The molecule has 0 radical (unpaired) electrons. The zero-order valence-corrected chi connectivity index (χ0v) is 9.23. The molecular weight excluding hydrogens is 236 g/mol. The third-order valence-electron chi connectivity index (χ3n) is 2.48. The van der Waals surface area contributed by atoms with Crippen LogP contribution in [0.15, 0.2) is 18.2 Å². The molecule has 0 spiro atoms. The fourth-order valence-corrected chi connectivity index (χ4v) is 2.71. The van der Waals surface area contributed by atoms with E-state index in [0.717, 1.165) is 12.1 Å². The maximum Gasteiger partial charge on any atom is 0.214 e. The van der Waals surface area contributed by atoms with Crippen LogP contribution in [0.3, 0.4) is 0 Å². The summed E-state index contributed by atoms with van der Waals surface area (Å²) in [5.41, 5.74) is -0.244. The number of halogens is 2. The lowest BCUT2D eigenvalue weighted by Crippen LogP contribution is -2.27. The Morgan fingerprint density at radius 1 is 1.25 bits per heavy atom. The van der Waals surface area contributed by atoms with Crippen LogP contribution in [0.1, 0.15) is 18.4 Å². The third-order valence-corrected chi connectivity index (χ3v) is 4.37. The Hall–Kier alpha value is -1.01. The van der Waals surface area contributed by atoms with Gasteiger partial charge in [-0.05, 0) is 25.0 Å². The van der Waals surface area contributed by atoms with Gasteiger partial charge in [0.15, 0.2) is 0 Å². The molecule has 1 aromatic carbocycles. The molecule has 0 atom stereocenters. The molecule has 88 valence electrons. The number of rotatable bonds is 4. The van der Waals surface area contributed by atoms with Gasteiger partial charge in [0, 0.05) is 12.1 Å². The molecule has 1 aliphatic rings. The maximum atomic E-state index is 13.2. The van der Waals surface area contributed by atoms with E-state index in [9.17, 15) is 17.2 Å². The maximum absolute atomic E-state index is 13.2. The van der Waals surface area contributed by atoms with Crippen LogP contribution in [-0.2, 0) is 16.6 Å². The fourth-order valence-electron chi connectivity index (χ4n) is 1.37. The molecule has 2 rings (SSSR count). The summed E-state index contributed by atoms with van der Waals surface area (Å²) >= 11 is 0. The minimum absolute atomic E-state index is 0.244. The van der Waals surface area contributed by atoms with Crippen molar-refractivity contribution in [1.82, 2.24) is 4.72 Å². The lowest BCUT2D eigenvalue weighted by molar-refractivity contribution is 0.544. The predicted molar refractivity (Wildman–Crippen MR) is 55.1 cm³/mol. The average Bonchev–Trinajstić information content (AvgIpc) is 2.99. The Morgan fingerprint density at radius 3 is 2.31 bits per heavy atom. The Morgan fingerprint density at radius 2 is 1.81 bits per heavy atom. The van der Waals surface area contributed by atoms with Crippen LogP contribution < -0.4 is 4.72 Å². The first-order chi connectivity index (χ1) is 7.50. The number of hydrogen-bond acceptors (Lipinski definition) is 2. The van der Waals surface area contributed by atoms with Crippen LogP contribution >= 0.6 is 0 Å². The molecule has 1 fully saturated rings. The summed E-state index contributed by atoms with van der Waals surface area (Å²) in [6, 6.07) is 3.44. The van der Waals surface area contributed by atoms with E-state index in [1.165, 1.54) is 6.07 Å². The van der Waals surface area contributed by atoms with Crippen molar-refractivity contribution in [3.8, 4) is 0 Å². The smallest absolute Gasteiger partial charge is 0.212 e. The van der Waals surface area contributed by atoms with E-state index in [1.807, 2.05) is 0 Å². The topological polar surface area (TPSA) is 46.2 Å². The Labute approximate surface area is 92.5 Å². The zero-order valence-electron chi connectivity index (χ0n) is 8.41. The Balaban J connectivity index is 2.10. The summed E-state index contributed by atoms with van der Waals surface area (Å²) < 4.78 is 51.4. The van der Waals surface area contributed by atoms with E-state index in [4.69, 9.17) is 0 Å². The first-order valence-corrected chi connectivity index (χ1v) is 6.47. The van der Waals surface area contributed by atoms with Crippen molar-refractivity contribution >= 4 is 10.0 Å². The molecular formula is C10H11F2NO2S. The SMILES string of the molecule is O=S(=O)(NCc1c(F)cccc1F)C1CC1. The van der Waals surface area contributed by atoms with Crippen molar-refractivity contribution in [1.29, 1.82) is 0 Å². The highest BCUT2D eigenvalue weighted by molar-refractivity contribution is 7.90. The van der Waals surface area contributed by atoms with Crippen molar-refractivity contribution in [2.75, 3.05) is 0 Å². The van der Waals surface area contributed by atoms with Crippen molar-refractivity contribution in [3.05, 3.63) is 35.4 Å². The van der Waals surface area contributed by atoms with Gasteiger partial charge in [0.1, 0.15) is 11.6 Å². The molecule has 1 saturated carbocycles. The fraction of sp³-hybridized carbons (Fsp3) is 0.400. The zero-order chi connectivity index (χ0) is 11.8. The van der Waals surface area contributed by atoms with Crippen molar-refractivity contribution < 1.29 is 17.2 Å². The van der Waals surface area contributed by atoms with Crippen molar-refractivity contribution in [3.63, 3.8) is 0 Å². The van der Waals surface area contributed by atoms with E-state index >= 15 is 0 Å². The molecule has 0 heterocycles. The molecule has 0 amide bonds. The van der Waals surface area contributed by atoms with Crippen LogP contribution in [-0.4, -0.2) is 13.7 Å². The second-order valence-electron chi connectivity index (χ2n) is 3.77. The van der Waals surface area contributed by atoms with E-state index < -0.39 is 21.7 Å². The second kappa shape index (κ2) is 4.10. The largest absolute Gasteiger partial charge is 0.214 e. The van der Waals surface area contributed by atoms with E-state index in [1.54, 1.807) is 0 Å². The second-order valence-corrected chi connectivity index (χ2v) is 5.81. The van der Waals surface area contributed by atoms with E-state index in [-0.39, 0.29) is 17.4 Å². The molecule has 0 saturated heterocycles.